The molecule has 6 nitrogen and oxygen atoms in total. The summed E-state index contributed by atoms with van der Waals surface area (Å²) >= 11 is 0. The second-order valence-electron chi connectivity index (χ2n) is 5.79. The lowest BCUT2D eigenvalue weighted by atomic mass is 9.98. The molecule has 2 aromatic rings. The lowest BCUT2D eigenvalue weighted by molar-refractivity contribution is 0.259. The number of aromatic nitrogens is 2. The van der Waals surface area contributed by atoms with Gasteiger partial charge in [0.2, 0.25) is 0 Å². The van der Waals surface area contributed by atoms with Crippen LogP contribution in [0.25, 0.3) is 11.0 Å². The Bertz CT molecular complexity index is 854. The van der Waals surface area contributed by atoms with Gasteiger partial charge >= 0.3 is 0 Å². The number of dihydropyridines is 1. The zero-order valence-electron chi connectivity index (χ0n) is 14.3. The molecule has 0 bridgehead atoms. The first-order valence-corrected chi connectivity index (χ1v) is 9.04. The first-order chi connectivity index (χ1) is 11.5. The third-order valence-corrected chi connectivity index (χ3v) is 5.40. The molecule has 24 heavy (non-hydrogen) atoms. The number of methoxy groups -OCH3 is 2. The van der Waals surface area contributed by atoms with E-state index in [9.17, 15) is 4.21 Å². The summed E-state index contributed by atoms with van der Waals surface area (Å²) in [4.78, 5) is 12.1. The number of aromatic amines is 1. The van der Waals surface area contributed by atoms with Crippen LogP contribution in [0.3, 0.4) is 0 Å². The second-order valence-corrected chi connectivity index (χ2v) is 7.16. The molecule has 2 heterocycles. The average molecular weight is 347 g/mol. The predicted octanol–water partition coefficient (Wildman–Crippen LogP) is 2.69. The monoisotopic (exact) mass is 347 g/mol. The molecule has 0 spiro atoms. The van der Waals surface area contributed by atoms with Crippen LogP contribution in [0.2, 0.25) is 0 Å². The van der Waals surface area contributed by atoms with Crippen LogP contribution in [-0.4, -0.2) is 46.4 Å². The first-order valence-electron chi connectivity index (χ1n) is 7.72. The van der Waals surface area contributed by atoms with Gasteiger partial charge in [0.05, 0.1) is 54.3 Å². The normalized spacial score (nSPS) is 19.3. The molecule has 0 amide bonds. The lowest BCUT2D eigenvalue weighted by Crippen LogP contribution is -2.26. The molecular formula is C17H21N3O3S. The summed E-state index contributed by atoms with van der Waals surface area (Å²) in [5.74, 6) is 2.04. The van der Waals surface area contributed by atoms with Crippen LogP contribution in [-0.2, 0) is 15.5 Å². The highest BCUT2D eigenvalue weighted by atomic mass is 32.2. The topological polar surface area (TPSA) is 76.6 Å². The maximum absolute atomic E-state index is 12.7. The van der Waals surface area contributed by atoms with Gasteiger partial charge in [-0.15, -0.1) is 0 Å². The molecular weight excluding hydrogens is 326 g/mol. The number of nitrogens with zero attached hydrogens (tertiary/aromatic N) is 2. The summed E-state index contributed by atoms with van der Waals surface area (Å²) in [6, 6.07) is 5.53. The summed E-state index contributed by atoms with van der Waals surface area (Å²) in [6.45, 7) is 4.64. The molecule has 7 heteroatoms. The molecule has 2 atom stereocenters. The second kappa shape index (κ2) is 6.76. The quantitative estimate of drug-likeness (QED) is 0.902. The van der Waals surface area contributed by atoms with Gasteiger partial charge in [-0.1, -0.05) is 6.92 Å². The van der Waals surface area contributed by atoms with Crippen molar-refractivity contribution in [2.45, 2.75) is 19.0 Å². The van der Waals surface area contributed by atoms with E-state index >= 15 is 0 Å². The fourth-order valence-electron chi connectivity index (χ4n) is 2.88. The Morgan fingerprint density at radius 3 is 2.83 bits per heavy atom. The number of H-pyrrole nitrogens is 1. The molecule has 1 aliphatic rings. The molecule has 0 saturated heterocycles. The van der Waals surface area contributed by atoms with Crippen molar-refractivity contribution in [3.05, 3.63) is 29.5 Å². The molecule has 0 radical (unpaired) electrons. The van der Waals surface area contributed by atoms with Gasteiger partial charge in [0, 0.05) is 11.8 Å². The molecule has 0 fully saturated rings. The van der Waals surface area contributed by atoms with Crippen LogP contribution < -0.4 is 4.74 Å². The Labute approximate surface area is 143 Å². The van der Waals surface area contributed by atoms with E-state index in [1.54, 1.807) is 14.2 Å². The van der Waals surface area contributed by atoms with Crippen LogP contribution in [0, 0.1) is 5.92 Å². The third kappa shape index (κ3) is 3.08. The van der Waals surface area contributed by atoms with E-state index in [1.165, 1.54) is 0 Å². The Hall–Kier alpha value is -2.15. The minimum absolute atomic E-state index is 0.0390. The fraction of sp³-hybridized carbons (Fsp3) is 0.412. The minimum Gasteiger partial charge on any atom is -0.500 e. The summed E-state index contributed by atoms with van der Waals surface area (Å²) in [6.07, 6.45) is 0. The van der Waals surface area contributed by atoms with E-state index in [0.29, 0.717) is 17.5 Å². The van der Waals surface area contributed by atoms with Gasteiger partial charge in [0.25, 0.3) is 0 Å². The number of ether oxygens (including phenoxy) is 2. The highest BCUT2D eigenvalue weighted by Crippen LogP contribution is 2.24. The Morgan fingerprint density at radius 1 is 1.33 bits per heavy atom. The summed E-state index contributed by atoms with van der Waals surface area (Å²) < 4.78 is 23.4. The number of imidazole rings is 1. The molecule has 1 aliphatic heterocycles. The van der Waals surface area contributed by atoms with E-state index in [-0.39, 0.29) is 5.92 Å². The standard InChI is InChI=1S/C17H21N3O3S/c1-10-8-18-15(11(2)16(10)23-4)9-24(21)17-19-13-6-5-12(22-3)7-14(13)20-17/h5-7,11H,8-9H2,1-4H3,(H,19,20). The maximum atomic E-state index is 12.7. The highest BCUT2D eigenvalue weighted by Gasteiger charge is 2.25. The molecule has 0 aliphatic carbocycles. The van der Waals surface area contributed by atoms with Gasteiger partial charge in [0.15, 0.2) is 5.16 Å². The maximum Gasteiger partial charge on any atom is 0.197 e. The average Bonchev–Trinajstić information content (AvgIpc) is 3.01. The van der Waals surface area contributed by atoms with Crippen molar-refractivity contribution in [3.63, 3.8) is 0 Å². The van der Waals surface area contributed by atoms with Gasteiger partial charge in [0.1, 0.15) is 11.5 Å². The first kappa shape index (κ1) is 16.7. The Kier molecular flexibility index (Phi) is 4.71. The Morgan fingerprint density at radius 2 is 2.12 bits per heavy atom. The van der Waals surface area contributed by atoms with Crippen LogP contribution in [0.5, 0.6) is 5.75 Å². The van der Waals surface area contributed by atoms with Crippen molar-refractivity contribution in [1.29, 1.82) is 0 Å². The van der Waals surface area contributed by atoms with Crippen LogP contribution >= 0.6 is 0 Å². The van der Waals surface area contributed by atoms with Gasteiger partial charge < -0.3 is 14.5 Å². The van der Waals surface area contributed by atoms with Crippen molar-refractivity contribution in [2.24, 2.45) is 10.9 Å². The van der Waals surface area contributed by atoms with Gasteiger partial charge in [-0.25, -0.2) is 4.98 Å². The van der Waals surface area contributed by atoms with E-state index in [0.717, 1.165) is 33.8 Å². The zero-order valence-corrected chi connectivity index (χ0v) is 15.1. The minimum atomic E-state index is -1.29. The summed E-state index contributed by atoms with van der Waals surface area (Å²) in [5.41, 5.74) is 3.58. The zero-order chi connectivity index (χ0) is 17.3. The van der Waals surface area contributed by atoms with Gasteiger partial charge in [-0.05, 0) is 24.6 Å². The number of rotatable bonds is 5. The molecule has 128 valence electrons. The Balaban J connectivity index is 1.80. The van der Waals surface area contributed by atoms with E-state index < -0.39 is 10.8 Å². The summed E-state index contributed by atoms with van der Waals surface area (Å²) in [5, 5.41) is 0.457. The molecule has 1 aromatic carbocycles. The smallest absolute Gasteiger partial charge is 0.197 e. The number of allylic oxidation sites excluding steroid dienone is 1. The third-order valence-electron chi connectivity index (χ3n) is 4.21. The van der Waals surface area contributed by atoms with E-state index in [2.05, 4.69) is 15.0 Å². The molecule has 1 N–H and O–H groups in total. The molecule has 2 unspecified atom stereocenters. The fourth-order valence-corrected chi connectivity index (χ4v) is 4.05. The van der Waals surface area contributed by atoms with Crippen LogP contribution in [0.1, 0.15) is 13.8 Å². The molecule has 3 rings (SSSR count). The number of aliphatic imine (C=N–C) groups is 1. The van der Waals surface area contributed by atoms with Crippen molar-refractivity contribution in [2.75, 3.05) is 26.5 Å². The van der Waals surface area contributed by atoms with E-state index in [1.807, 2.05) is 32.0 Å². The van der Waals surface area contributed by atoms with Crippen LogP contribution in [0.4, 0.5) is 0 Å². The summed E-state index contributed by atoms with van der Waals surface area (Å²) in [7, 11) is 1.99. The van der Waals surface area contributed by atoms with Gasteiger partial charge in [-0.2, -0.15) is 0 Å². The number of nitrogens with one attached hydrogen (secondary N) is 1. The molecule has 0 saturated carbocycles. The predicted molar refractivity (Wildman–Crippen MR) is 95.1 cm³/mol. The van der Waals surface area contributed by atoms with Crippen molar-refractivity contribution >= 4 is 27.5 Å². The SMILES string of the molecule is COC1=C(C)CN=C(CS(=O)c2nc3ccc(OC)cc3[nH]2)C1C. The van der Waals surface area contributed by atoms with Crippen molar-refractivity contribution in [3.8, 4) is 5.75 Å². The van der Waals surface area contributed by atoms with Crippen LogP contribution in [0.15, 0.2) is 39.7 Å². The number of hydrogen-bond donors (Lipinski definition) is 1. The molecule has 1 aromatic heterocycles. The largest absolute Gasteiger partial charge is 0.500 e. The van der Waals surface area contributed by atoms with Crippen molar-refractivity contribution < 1.29 is 13.7 Å². The number of hydrogen-bond acceptors (Lipinski definition) is 5. The van der Waals surface area contributed by atoms with Crippen molar-refractivity contribution in [1.82, 2.24) is 9.97 Å². The lowest BCUT2D eigenvalue weighted by Gasteiger charge is -2.23. The van der Waals surface area contributed by atoms with E-state index in [4.69, 9.17) is 9.47 Å². The number of fused-ring (bicyclic) bond motifs is 1. The van der Waals surface area contributed by atoms with Gasteiger partial charge in [-0.3, -0.25) is 9.20 Å². The highest BCUT2D eigenvalue weighted by molar-refractivity contribution is 7.85. The number of benzene rings is 1.